The molecule has 0 aliphatic rings. The smallest absolute Gasteiger partial charge is 0.172 e. The predicted octanol–water partition coefficient (Wildman–Crippen LogP) is 2.53. The topological polar surface area (TPSA) is 32.7 Å². The lowest BCUT2D eigenvalue weighted by Crippen LogP contribution is -2.56. The number of hydrogen-bond acceptors (Lipinski definition) is 3. The van der Waals surface area contributed by atoms with Crippen molar-refractivity contribution < 1.29 is 4.79 Å². The Morgan fingerprint density at radius 3 is 1.64 bits per heavy atom. The van der Waals surface area contributed by atoms with E-state index in [2.05, 4.69) is 48.7 Å². The molecule has 0 bridgehead atoms. The summed E-state index contributed by atoms with van der Waals surface area (Å²) in [5, 5.41) is 4.35. The zero-order chi connectivity index (χ0) is 11.6. The quantitative estimate of drug-likeness (QED) is 0.422. The van der Waals surface area contributed by atoms with E-state index in [9.17, 15) is 4.79 Å². The fourth-order valence-electron chi connectivity index (χ4n) is 1.49. The zero-order valence-corrected chi connectivity index (χ0v) is 12.4. The van der Waals surface area contributed by atoms with Gasteiger partial charge in [0, 0.05) is 6.92 Å². The second-order valence-corrected chi connectivity index (χ2v) is 15.5. The summed E-state index contributed by atoms with van der Waals surface area (Å²) in [6.45, 7) is 15.1. The summed E-state index contributed by atoms with van der Waals surface area (Å²) < 4.78 is 2.22. The van der Waals surface area contributed by atoms with E-state index >= 15 is 0 Å². The molecule has 0 spiro atoms. The fourth-order valence-corrected chi connectivity index (χ4v) is 10.3. The Kier molecular flexibility index (Phi) is 4.26. The van der Waals surface area contributed by atoms with Crippen LogP contribution in [0.25, 0.3) is 0 Å². The van der Waals surface area contributed by atoms with Crippen molar-refractivity contribution in [1.29, 1.82) is 0 Å². The lowest BCUT2D eigenvalue weighted by Gasteiger charge is -2.41. The average molecular weight is 230 g/mol. The minimum absolute atomic E-state index is 0.0199. The van der Waals surface area contributed by atoms with Gasteiger partial charge < -0.3 is 4.34 Å². The molecule has 0 radical (unpaired) electrons. The maximum Gasteiger partial charge on any atom is 0.172 e. The molecule has 0 saturated heterocycles. The number of hydrogen-bond donors (Lipinski definition) is 0. The molecule has 0 aromatic heterocycles. The molecule has 14 heavy (non-hydrogen) atoms. The third-order valence-corrected chi connectivity index (χ3v) is 8.42. The van der Waals surface area contributed by atoms with Gasteiger partial charge in [-0.15, -0.1) is 0 Å². The molecule has 0 atom stereocenters. The van der Waals surface area contributed by atoms with Crippen LogP contribution >= 0.6 is 0 Å². The number of Topliss-reactive ketones (excluding diaryl/α,β-unsaturated/α-hetero) is 1. The molecule has 82 valence electrons. The van der Waals surface area contributed by atoms with Gasteiger partial charge in [0.05, 0.1) is 6.21 Å². The van der Waals surface area contributed by atoms with Crippen molar-refractivity contribution in [3.63, 3.8) is 0 Å². The number of carbonyl (C=O) groups excluding carboxylic acids is 1. The summed E-state index contributed by atoms with van der Waals surface area (Å²) in [6, 6.07) is 0. The van der Waals surface area contributed by atoms with Gasteiger partial charge in [0.25, 0.3) is 0 Å². The van der Waals surface area contributed by atoms with Gasteiger partial charge in [0.15, 0.2) is 22.3 Å². The Hall–Kier alpha value is -0.426. The molecule has 3 nitrogen and oxygen atoms in total. The van der Waals surface area contributed by atoms with Gasteiger partial charge >= 0.3 is 0 Å². The van der Waals surface area contributed by atoms with Gasteiger partial charge in [0.1, 0.15) is 0 Å². The van der Waals surface area contributed by atoms with Crippen molar-refractivity contribution >= 4 is 28.5 Å². The van der Waals surface area contributed by atoms with Crippen LogP contribution in [0, 0.1) is 0 Å². The van der Waals surface area contributed by atoms with Crippen LogP contribution in [0.15, 0.2) is 5.10 Å². The van der Waals surface area contributed by atoms with Crippen molar-refractivity contribution in [2.75, 3.05) is 0 Å². The van der Waals surface area contributed by atoms with Crippen LogP contribution in [-0.2, 0) is 4.79 Å². The molecule has 0 N–H and O–H groups in total. The first-order valence-electron chi connectivity index (χ1n) is 4.90. The fraction of sp³-hybridized carbons (Fsp3) is 0.778. The maximum absolute atomic E-state index is 10.9. The molecule has 5 heteroatoms. The highest BCUT2D eigenvalue weighted by Gasteiger charge is 2.33. The molecule has 0 fully saturated rings. The third-order valence-electron chi connectivity index (χ3n) is 1.63. The molecule has 0 heterocycles. The Balaban J connectivity index is 4.86. The molecule has 0 aromatic carbocycles. The van der Waals surface area contributed by atoms with Crippen LogP contribution in [0.4, 0.5) is 0 Å². The van der Waals surface area contributed by atoms with E-state index < -0.39 is 16.5 Å². The minimum atomic E-state index is -1.44. The lowest BCUT2D eigenvalue weighted by molar-refractivity contribution is -0.110. The van der Waals surface area contributed by atoms with Crippen LogP contribution in [0.3, 0.4) is 0 Å². The second kappa shape index (κ2) is 4.40. The highest BCUT2D eigenvalue weighted by Crippen LogP contribution is 2.19. The molecule has 0 aliphatic heterocycles. The summed E-state index contributed by atoms with van der Waals surface area (Å²) in [6.07, 6.45) is 1.44. The van der Waals surface area contributed by atoms with E-state index in [1.807, 2.05) is 0 Å². The summed E-state index contributed by atoms with van der Waals surface area (Å²) >= 11 is 0. The van der Waals surface area contributed by atoms with Crippen molar-refractivity contribution in [2.24, 2.45) is 5.10 Å². The monoisotopic (exact) mass is 230 g/mol. The van der Waals surface area contributed by atoms with Gasteiger partial charge in [-0.25, -0.2) is 0 Å². The summed E-state index contributed by atoms with van der Waals surface area (Å²) in [7, 11) is -2.89. The van der Waals surface area contributed by atoms with Crippen LogP contribution in [-0.4, -0.2) is 32.8 Å². The molecular weight excluding hydrogens is 208 g/mol. The van der Waals surface area contributed by atoms with Gasteiger partial charge in [-0.2, -0.15) is 5.10 Å². The number of hydrazone groups is 1. The minimum Gasteiger partial charge on any atom is -0.350 e. The van der Waals surface area contributed by atoms with E-state index in [0.717, 1.165) is 0 Å². The SMILES string of the molecule is CC(=O)C=NN([Si](C)(C)C)[Si](C)(C)C. The highest BCUT2D eigenvalue weighted by molar-refractivity contribution is 6.89. The Morgan fingerprint density at radius 2 is 1.43 bits per heavy atom. The first-order valence-corrected chi connectivity index (χ1v) is 11.8. The van der Waals surface area contributed by atoms with Crippen LogP contribution in [0.5, 0.6) is 0 Å². The number of ketones is 1. The van der Waals surface area contributed by atoms with E-state index in [4.69, 9.17) is 0 Å². The molecule has 0 aromatic rings. The average Bonchev–Trinajstić information content (AvgIpc) is 1.78. The van der Waals surface area contributed by atoms with Gasteiger partial charge in [0.2, 0.25) is 0 Å². The predicted molar refractivity (Wildman–Crippen MR) is 67.7 cm³/mol. The summed E-state index contributed by atoms with van der Waals surface area (Å²) in [5.41, 5.74) is 0. The molecule has 0 saturated carbocycles. The second-order valence-electron chi connectivity index (χ2n) is 5.51. The van der Waals surface area contributed by atoms with E-state index in [0.29, 0.717) is 0 Å². The van der Waals surface area contributed by atoms with Gasteiger partial charge in [-0.1, -0.05) is 39.3 Å². The standard InChI is InChI=1S/C9H22N2OSi2/c1-9(12)8-10-11(13(2,3)4)14(5,6)7/h8H,1-7H3. The third kappa shape index (κ3) is 4.71. The van der Waals surface area contributed by atoms with E-state index in [1.54, 1.807) is 0 Å². The first-order chi connectivity index (χ1) is 6.05. The Morgan fingerprint density at radius 1 is 1.07 bits per heavy atom. The Bertz CT molecular complexity index is 224. The molecule has 0 unspecified atom stereocenters. The van der Waals surface area contributed by atoms with Gasteiger partial charge in [-0.05, 0) is 0 Å². The highest BCUT2D eigenvalue weighted by atomic mass is 28.4. The largest absolute Gasteiger partial charge is 0.350 e. The molecule has 0 amide bonds. The zero-order valence-electron chi connectivity index (χ0n) is 10.4. The Labute approximate surface area is 89.4 Å². The normalized spacial score (nSPS) is 13.4. The van der Waals surface area contributed by atoms with Crippen molar-refractivity contribution in [1.82, 2.24) is 4.34 Å². The van der Waals surface area contributed by atoms with E-state index in [-0.39, 0.29) is 5.78 Å². The lowest BCUT2D eigenvalue weighted by atomic mass is 10.5. The van der Waals surface area contributed by atoms with Crippen molar-refractivity contribution in [3.05, 3.63) is 0 Å². The van der Waals surface area contributed by atoms with Crippen LogP contribution in [0.2, 0.25) is 39.3 Å². The molecule has 0 rings (SSSR count). The van der Waals surface area contributed by atoms with Crippen molar-refractivity contribution in [3.8, 4) is 0 Å². The van der Waals surface area contributed by atoms with E-state index in [1.165, 1.54) is 13.1 Å². The number of rotatable bonds is 4. The molecule has 0 aliphatic carbocycles. The van der Waals surface area contributed by atoms with Crippen molar-refractivity contribution in [2.45, 2.75) is 46.2 Å². The van der Waals surface area contributed by atoms with Gasteiger partial charge in [-0.3, -0.25) is 4.79 Å². The molecular formula is C9H22N2OSi2. The summed E-state index contributed by atoms with van der Waals surface area (Å²) in [4.78, 5) is 10.9. The van der Waals surface area contributed by atoms with Crippen LogP contribution < -0.4 is 0 Å². The first kappa shape index (κ1) is 13.6. The van der Waals surface area contributed by atoms with Crippen LogP contribution in [0.1, 0.15) is 6.92 Å². The number of carbonyl (C=O) groups is 1. The maximum atomic E-state index is 10.9. The number of nitrogens with zero attached hydrogens (tertiary/aromatic N) is 2. The summed E-state index contributed by atoms with van der Waals surface area (Å²) in [5.74, 6) is 0.0199.